The van der Waals surface area contributed by atoms with Crippen LogP contribution in [-0.4, -0.2) is 5.11 Å². The lowest BCUT2D eigenvalue weighted by Gasteiger charge is -2.15. The summed E-state index contributed by atoms with van der Waals surface area (Å²) in [6.07, 6.45) is -0.564. The Morgan fingerprint density at radius 2 is 1.80 bits per heavy atom. The summed E-state index contributed by atoms with van der Waals surface area (Å²) >= 11 is 3.43. The summed E-state index contributed by atoms with van der Waals surface area (Å²) in [5.74, 6) is 1.92. The van der Waals surface area contributed by atoms with Gasteiger partial charge < -0.3 is 9.84 Å². The summed E-state index contributed by atoms with van der Waals surface area (Å²) in [6, 6.07) is 13.7. The summed E-state index contributed by atoms with van der Waals surface area (Å²) in [7, 11) is 0. The van der Waals surface area contributed by atoms with Gasteiger partial charge in [0.25, 0.3) is 0 Å². The van der Waals surface area contributed by atoms with Crippen LogP contribution in [-0.2, 0) is 0 Å². The molecule has 0 heterocycles. The summed E-state index contributed by atoms with van der Waals surface area (Å²) in [4.78, 5) is 0. The van der Waals surface area contributed by atoms with Crippen molar-refractivity contribution < 1.29 is 9.84 Å². The van der Waals surface area contributed by atoms with Crippen molar-refractivity contribution >= 4 is 15.9 Å². The second-order valence-corrected chi connectivity index (χ2v) is 6.10. The average molecular weight is 335 g/mol. The van der Waals surface area contributed by atoms with Gasteiger partial charge in [0.15, 0.2) is 0 Å². The Hall–Kier alpha value is -1.32. The highest BCUT2D eigenvalue weighted by molar-refractivity contribution is 9.10. The van der Waals surface area contributed by atoms with Crippen LogP contribution in [0.2, 0.25) is 0 Å². The first kappa shape index (κ1) is 15.1. The monoisotopic (exact) mass is 334 g/mol. The van der Waals surface area contributed by atoms with Crippen molar-refractivity contribution in [3.05, 3.63) is 58.1 Å². The normalized spacial score (nSPS) is 12.5. The fraction of sp³-hybridized carbons (Fsp3) is 0.294. The van der Waals surface area contributed by atoms with E-state index in [2.05, 4.69) is 35.8 Å². The van der Waals surface area contributed by atoms with E-state index in [0.29, 0.717) is 11.7 Å². The molecule has 0 saturated heterocycles. The molecule has 0 radical (unpaired) electrons. The lowest BCUT2D eigenvalue weighted by Crippen LogP contribution is -1.97. The first-order valence-electron chi connectivity index (χ1n) is 6.72. The first-order chi connectivity index (χ1) is 9.47. The van der Waals surface area contributed by atoms with Gasteiger partial charge in [-0.15, -0.1) is 0 Å². The molecule has 1 N–H and O–H groups in total. The van der Waals surface area contributed by atoms with E-state index in [1.54, 1.807) is 6.92 Å². The number of benzene rings is 2. The fourth-order valence-electron chi connectivity index (χ4n) is 2.01. The molecular weight excluding hydrogens is 316 g/mol. The van der Waals surface area contributed by atoms with Gasteiger partial charge in [-0.05, 0) is 42.7 Å². The second kappa shape index (κ2) is 6.42. The number of halogens is 1. The summed E-state index contributed by atoms with van der Waals surface area (Å²) in [5, 5.41) is 9.82. The zero-order valence-electron chi connectivity index (χ0n) is 11.9. The van der Waals surface area contributed by atoms with Crippen LogP contribution >= 0.6 is 15.9 Å². The smallest absolute Gasteiger partial charge is 0.134 e. The van der Waals surface area contributed by atoms with Gasteiger partial charge in [-0.2, -0.15) is 0 Å². The van der Waals surface area contributed by atoms with Crippen LogP contribution in [0.1, 0.15) is 43.9 Å². The Morgan fingerprint density at radius 1 is 1.05 bits per heavy atom. The van der Waals surface area contributed by atoms with E-state index in [0.717, 1.165) is 15.8 Å². The molecule has 1 atom stereocenters. The zero-order chi connectivity index (χ0) is 14.7. The molecule has 2 aromatic rings. The maximum absolute atomic E-state index is 9.82. The molecular formula is C17H19BrO2. The third-order valence-corrected chi connectivity index (χ3v) is 3.67. The number of rotatable bonds is 4. The highest BCUT2D eigenvalue weighted by atomic mass is 79.9. The zero-order valence-corrected chi connectivity index (χ0v) is 13.5. The van der Waals surface area contributed by atoms with Gasteiger partial charge in [-0.1, -0.05) is 48.0 Å². The van der Waals surface area contributed by atoms with Crippen LogP contribution in [0.3, 0.4) is 0 Å². The molecule has 1 unspecified atom stereocenters. The molecule has 0 saturated carbocycles. The second-order valence-electron chi connectivity index (χ2n) is 5.19. The third-order valence-electron chi connectivity index (χ3n) is 3.18. The molecule has 0 amide bonds. The van der Waals surface area contributed by atoms with E-state index >= 15 is 0 Å². The molecule has 20 heavy (non-hydrogen) atoms. The first-order valence-corrected chi connectivity index (χ1v) is 7.52. The maximum Gasteiger partial charge on any atom is 0.134 e. The van der Waals surface area contributed by atoms with E-state index in [1.165, 1.54) is 5.56 Å². The van der Waals surface area contributed by atoms with Gasteiger partial charge in [-0.3, -0.25) is 0 Å². The lowest BCUT2D eigenvalue weighted by molar-refractivity contribution is 0.195. The van der Waals surface area contributed by atoms with Gasteiger partial charge in [0.1, 0.15) is 11.5 Å². The van der Waals surface area contributed by atoms with Crippen LogP contribution in [0.4, 0.5) is 0 Å². The molecule has 0 aliphatic carbocycles. The molecule has 0 fully saturated rings. The lowest BCUT2D eigenvalue weighted by atomic mass is 10.0. The summed E-state index contributed by atoms with van der Waals surface area (Å²) in [6.45, 7) is 6.04. The quantitative estimate of drug-likeness (QED) is 0.809. The minimum atomic E-state index is -0.564. The fourth-order valence-corrected chi connectivity index (χ4v) is 2.35. The molecule has 2 aromatic carbocycles. The highest BCUT2D eigenvalue weighted by Crippen LogP contribution is 2.33. The van der Waals surface area contributed by atoms with Crippen LogP contribution in [0.15, 0.2) is 46.9 Å². The Morgan fingerprint density at radius 3 is 2.45 bits per heavy atom. The standard InChI is InChI=1S/C17H19BrO2/c1-11(2)13-5-4-6-15(9-13)20-17-10-14(18)7-8-16(17)12(3)19/h4-12,19H,1-3H3. The molecule has 0 aliphatic rings. The van der Waals surface area contributed by atoms with Crippen molar-refractivity contribution in [3.8, 4) is 11.5 Å². The Kier molecular flexibility index (Phi) is 4.84. The molecule has 0 bridgehead atoms. The number of aliphatic hydroxyl groups is 1. The Balaban J connectivity index is 2.34. The van der Waals surface area contributed by atoms with Gasteiger partial charge in [-0.25, -0.2) is 0 Å². The number of ether oxygens (including phenoxy) is 1. The van der Waals surface area contributed by atoms with Gasteiger partial charge >= 0.3 is 0 Å². The summed E-state index contributed by atoms with van der Waals surface area (Å²) in [5.41, 5.74) is 2.01. The van der Waals surface area contributed by atoms with E-state index < -0.39 is 6.10 Å². The minimum Gasteiger partial charge on any atom is -0.457 e. The third kappa shape index (κ3) is 3.62. The van der Waals surface area contributed by atoms with E-state index in [-0.39, 0.29) is 0 Å². The Bertz CT molecular complexity index is 591. The topological polar surface area (TPSA) is 29.5 Å². The van der Waals surface area contributed by atoms with Crippen molar-refractivity contribution in [2.75, 3.05) is 0 Å². The predicted octanol–water partition coefficient (Wildman–Crippen LogP) is 5.42. The molecule has 2 nitrogen and oxygen atoms in total. The summed E-state index contributed by atoms with van der Waals surface area (Å²) < 4.78 is 6.88. The molecule has 3 heteroatoms. The van der Waals surface area contributed by atoms with Crippen LogP contribution in [0, 0.1) is 0 Å². The number of hydrogen-bond acceptors (Lipinski definition) is 2. The molecule has 106 valence electrons. The highest BCUT2D eigenvalue weighted by Gasteiger charge is 2.11. The van der Waals surface area contributed by atoms with Gasteiger partial charge in [0.05, 0.1) is 6.10 Å². The van der Waals surface area contributed by atoms with Crippen molar-refractivity contribution in [2.45, 2.75) is 32.8 Å². The average Bonchev–Trinajstić information content (AvgIpc) is 2.38. The predicted molar refractivity (Wildman–Crippen MR) is 85.4 cm³/mol. The number of aliphatic hydroxyl groups excluding tert-OH is 1. The maximum atomic E-state index is 9.82. The SMILES string of the molecule is CC(C)c1cccc(Oc2cc(Br)ccc2C(C)O)c1. The van der Waals surface area contributed by atoms with Crippen molar-refractivity contribution in [2.24, 2.45) is 0 Å². The molecule has 2 rings (SSSR count). The van der Waals surface area contributed by atoms with Crippen molar-refractivity contribution in [1.82, 2.24) is 0 Å². The van der Waals surface area contributed by atoms with E-state index in [1.807, 2.05) is 36.4 Å². The molecule has 0 spiro atoms. The van der Waals surface area contributed by atoms with Crippen LogP contribution in [0.5, 0.6) is 11.5 Å². The molecule has 0 aliphatic heterocycles. The van der Waals surface area contributed by atoms with Crippen LogP contribution in [0.25, 0.3) is 0 Å². The largest absolute Gasteiger partial charge is 0.457 e. The van der Waals surface area contributed by atoms with E-state index in [4.69, 9.17) is 4.74 Å². The van der Waals surface area contributed by atoms with Crippen molar-refractivity contribution in [1.29, 1.82) is 0 Å². The Labute approximate surface area is 128 Å². The van der Waals surface area contributed by atoms with Crippen molar-refractivity contribution in [3.63, 3.8) is 0 Å². The van der Waals surface area contributed by atoms with Gasteiger partial charge in [0.2, 0.25) is 0 Å². The van der Waals surface area contributed by atoms with E-state index in [9.17, 15) is 5.11 Å². The van der Waals surface area contributed by atoms with Crippen LogP contribution < -0.4 is 4.74 Å². The molecule has 0 aromatic heterocycles. The number of hydrogen-bond donors (Lipinski definition) is 1. The van der Waals surface area contributed by atoms with Gasteiger partial charge in [0, 0.05) is 10.0 Å². The minimum absolute atomic E-state index is 0.456.